The summed E-state index contributed by atoms with van der Waals surface area (Å²) in [7, 11) is 0. The lowest BCUT2D eigenvalue weighted by molar-refractivity contribution is 0.213. The van der Waals surface area contributed by atoms with Crippen molar-refractivity contribution < 1.29 is 14.6 Å². The van der Waals surface area contributed by atoms with Gasteiger partial charge in [-0.05, 0) is 60.1 Å². The number of aliphatic hydroxyl groups is 2. The Morgan fingerprint density at radius 2 is 1.55 bits per heavy atom. The lowest BCUT2D eigenvalue weighted by Crippen LogP contribution is -2.15. The average Bonchev–Trinajstić information content (AvgIpc) is 2.79. The number of pyridine rings is 1. The highest BCUT2D eigenvalue weighted by atomic mass is 35.5. The summed E-state index contributed by atoms with van der Waals surface area (Å²) < 4.78 is 13.7. The summed E-state index contributed by atoms with van der Waals surface area (Å²) in [5, 5.41) is 21.8. The van der Waals surface area contributed by atoms with E-state index in [9.17, 15) is 14.6 Å². The van der Waals surface area contributed by atoms with Gasteiger partial charge in [-0.1, -0.05) is 75.6 Å². The Morgan fingerprint density at radius 1 is 0.909 bits per heavy atom. The molecule has 3 aromatic rings. The van der Waals surface area contributed by atoms with Gasteiger partial charge in [-0.25, -0.2) is 4.39 Å². The Labute approximate surface area is 203 Å². The predicted octanol–water partition coefficient (Wildman–Crippen LogP) is 7.05. The van der Waals surface area contributed by atoms with E-state index < -0.39 is 6.10 Å². The van der Waals surface area contributed by atoms with Gasteiger partial charge in [-0.15, -0.1) is 12.4 Å². The first kappa shape index (κ1) is 27.0. The minimum atomic E-state index is -0.878. The van der Waals surface area contributed by atoms with Gasteiger partial charge >= 0.3 is 0 Å². The fourth-order valence-electron chi connectivity index (χ4n) is 4.24. The number of aromatic nitrogens is 1. The molecule has 0 aliphatic rings. The van der Waals surface area contributed by atoms with Crippen LogP contribution in [0.1, 0.15) is 85.7 Å². The first-order valence-electron chi connectivity index (χ1n) is 11.5. The third kappa shape index (κ3) is 6.20. The molecule has 0 bridgehead atoms. The van der Waals surface area contributed by atoms with Crippen molar-refractivity contribution in [3.63, 3.8) is 0 Å². The lowest BCUT2D eigenvalue weighted by atomic mass is 9.85. The first-order valence-corrected chi connectivity index (χ1v) is 11.5. The largest absolute Gasteiger partial charge is 0.392 e. The number of nitrogens with zero attached hydrogens (tertiary/aromatic N) is 1. The highest BCUT2D eigenvalue weighted by Gasteiger charge is 2.26. The zero-order valence-electron chi connectivity index (χ0n) is 19.9. The van der Waals surface area contributed by atoms with E-state index in [0.717, 1.165) is 64.8 Å². The molecule has 0 saturated carbocycles. The number of unbranched alkanes of at least 4 members (excludes halogenated alkanes) is 2. The second-order valence-corrected chi connectivity index (χ2v) is 8.80. The molecule has 2 N–H and O–H groups in total. The molecule has 0 fully saturated rings. The SMILES string of the molecule is CCCCCc1c(C(O)c2ccc(C)cc2)nc(C(C)C)c(CO)c1-c1ccc(F)cc1.Cl. The summed E-state index contributed by atoms with van der Waals surface area (Å²) in [6, 6.07) is 14.2. The third-order valence-corrected chi connectivity index (χ3v) is 5.98. The Hall–Kier alpha value is -2.27. The number of aryl methyl sites for hydroxylation is 1. The van der Waals surface area contributed by atoms with Crippen LogP contribution in [-0.2, 0) is 13.0 Å². The summed E-state index contributed by atoms with van der Waals surface area (Å²) in [5.41, 5.74) is 6.73. The number of aliphatic hydroxyl groups excluding tert-OH is 2. The molecule has 0 spiro atoms. The molecule has 0 aliphatic carbocycles. The second kappa shape index (κ2) is 12.3. The Kier molecular flexibility index (Phi) is 10.0. The van der Waals surface area contributed by atoms with Crippen molar-refractivity contribution in [2.75, 3.05) is 0 Å². The molecule has 0 amide bonds. The van der Waals surface area contributed by atoms with Crippen LogP contribution in [0.4, 0.5) is 4.39 Å². The average molecular weight is 472 g/mol. The molecule has 0 radical (unpaired) electrons. The van der Waals surface area contributed by atoms with Crippen molar-refractivity contribution in [3.05, 3.63) is 88.0 Å². The van der Waals surface area contributed by atoms with Crippen molar-refractivity contribution in [2.24, 2.45) is 0 Å². The number of hydrogen-bond acceptors (Lipinski definition) is 3. The number of hydrogen-bond donors (Lipinski definition) is 2. The van der Waals surface area contributed by atoms with Gasteiger partial charge < -0.3 is 10.2 Å². The van der Waals surface area contributed by atoms with Crippen molar-refractivity contribution in [2.45, 2.75) is 72.0 Å². The zero-order valence-corrected chi connectivity index (χ0v) is 20.8. The first-order chi connectivity index (χ1) is 15.4. The number of benzene rings is 2. The smallest absolute Gasteiger partial charge is 0.123 e. The summed E-state index contributed by atoms with van der Waals surface area (Å²) in [6.45, 7) is 8.09. The molecule has 178 valence electrons. The topological polar surface area (TPSA) is 53.4 Å². The molecule has 1 heterocycles. The molecule has 1 unspecified atom stereocenters. The fraction of sp³-hybridized carbons (Fsp3) is 0.393. The Bertz CT molecular complexity index is 1030. The maximum absolute atomic E-state index is 13.7. The van der Waals surface area contributed by atoms with Gasteiger partial charge in [0, 0.05) is 11.3 Å². The van der Waals surface area contributed by atoms with E-state index in [1.807, 2.05) is 45.0 Å². The maximum atomic E-state index is 13.7. The van der Waals surface area contributed by atoms with E-state index in [-0.39, 0.29) is 30.7 Å². The van der Waals surface area contributed by atoms with Gasteiger partial charge in [0.15, 0.2) is 0 Å². The van der Waals surface area contributed by atoms with E-state index >= 15 is 0 Å². The van der Waals surface area contributed by atoms with Gasteiger partial charge in [-0.3, -0.25) is 4.98 Å². The quantitative estimate of drug-likeness (QED) is 0.329. The molecular weight excluding hydrogens is 437 g/mol. The molecule has 1 atom stereocenters. The molecule has 0 aliphatic heterocycles. The Balaban J connectivity index is 0.00000385. The molecule has 5 heteroatoms. The summed E-state index contributed by atoms with van der Waals surface area (Å²) in [6.07, 6.45) is 2.94. The highest BCUT2D eigenvalue weighted by Crippen LogP contribution is 2.38. The monoisotopic (exact) mass is 471 g/mol. The minimum absolute atomic E-state index is 0. The van der Waals surface area contributed by atoms with E-state index in [2.05, 4.69) is 6.92 Å². The van der Waals surface area contributed by atoms with E-state index in [1.165, 1.54) is 12.1 Å². The molecule has 3 nitrogen and oxygen atoms in total. The van der Waals surface area contributed by atoms with Crippen molar-refractivity contribution in [1.82, 2.24) is 4.98 Å². The van der Waals surface area contributed by atoms with Gasteiger partial charge in [0.2, 0.25) is 0 Å². The highest BCUT2D eigenvalue weighted by molar-refractivity contribution is 5.85. The van der Waals surface area contributed by atoms with Crippen LogP contribution >= 0.6 is 12.4 Å². The molecule has 1 aromatic heterocycles. The van der Waals surface area contributed by atoms with E-state index in [1.54, 1.807) is 12.1 Å². The van der Waals surface area contributed by atoms with Crippen molar-refractivity contribution in [1.29, 1.82) is 0 Å². The number of halogens is 2. The second-order valence-electron chi connectivity index (χ2n) is 8.80. The minimum Gasteiger partial charge on any atom is -0.392 e. The standard InChI is InChI=1S/C28H34FNO2.ClH/c1-5-6-7-8-23-25(20-13-15-22(29)16-14-20)24(17-31)26(18(2)3)30-27(23)28(32)21-11-9-19(4)10-12-21;/h9-16,18,28,31-32H,5-8,17H2,1-4H3;1H. The summed E-state index contributed by atoms with van der Waals surface area (Å²) in [4.78, 5) is 4.94. The van der Waals surface area contributed by atoms with Crippen LogP contribution in [0.3, 0.4) is 0 Å². The fourth-order valence-corrected chi connectivity index (χ4v) is 4.24. The van der Waals surface area contributed by atoms with Crippen molar-refractivity contribution >= 4 is 12.4 Å². The molecular formula is C28H35ClFNO2. The van der Waals surface area contributed by atoms with Gasteiger partial charge in [-0.2, -0.15) is 0 Å². The van der Waals surface area contributed by atoms with Crippen LogP contribution in [-0.4, -0.2) is 15.2 Å². The predicted molar refractivity (Wildman–Crippen MR) is 135 cm³/mol. The van der Waals surface area contributed by atoms with E-state index in [0.29, 0.717) is 5.69 Å². The molecule has 2 aromatic carbocycles. The van der Waals surface area contributed by atoms with Crippen LogP contribution in [0, 0.1) is 12.7 Å². The van der Waals surface area contributed by atoms with Crippen LogP contribution in [0.25, 0.3) is 11.1 Å². The maximum Gasteiger partial charge on any atom is 0.123 e. The number of rotatable bonds is 9. The van der Waals surface area contributed by atoms with Gasteiger partial charge in [0.1, 0.15) is 11.9 Å². The van der Waals surface area contributed by atoms with Crippen LogP contribution < -0.4 is 0 Å². The zero-order chi connectivity index (χ0) is 23.3. The lowest BCUT2D eigenvalue weighted by Gasteiger charge is -2.25. The Morgan fingerprint density at radius 3 is 2.09 bits per heavy atom. The van der Waals surface area contributed by atoms with Crippen LogP contribution in [0.15, 0.2) is 48.5 Å². The van der Waals surface area contributed by atoms with E-state index in [4.69, 9.17) is 4.98 Å². The molecule has 3 rings (SSSR count). The summed E-state index contributed by atoms with van der Waals surface area (Å²) in [5.74, 6) is -0.241. The normalized spacial score (nSPS) is 12.0. The molecule has 33 heavy (non-hydrogen) atoms. The molecule has 0 saturated heterocycles. The third-order valence-electron chi connectivity index (χ3n) is 5.98. The van der Waals surface area contributed by atoms with Crippen molar-refractivity contribution in [3.8, 4) is 11.1 Å². The summed E-state index contributed by atoms with van der Waals surface area (Å²) >= 11 is 0. The van der Waals surface area contributed by atoms with Gasteiger partial charge in [0.05, 0.1) is 12.3 Å². The van der Waals surface area contributed by atoms with Crippen LogP contribution in [0.2, 0.25) is 0 Å². The van der Waals surface area contributed by atoms with Gasteiger partial charge in [0.25, 0.3) is 0 Å². The van der Waals surface area contributed by atoms with Crippen LogP contribution in [0.5, 0.6) is 0 Å².